The van der Waals surface area contributed by atoms with Crippen LogP contribution in [-0.4, -0.2) is 17.9 Å². The molecule has 2 aromatic heterocycles. The normalized spacial score (nSPS) is 11.0. The highest BCUT2D eigenvalue weighted by Crippen LogP contribution is 2.31. The van der Waals surface area contributed by atoms with Crippen LogP contribution in [0.3, 0.4) is 0 Å². The standard InChI is InChI=1S/C17H17NO3S/c1-10-8-18-16(22-10)7-13(19)6-12-9-21-17-11(2)15(20-3)5-4-14(12)17/h4-5,8-9H,6-7H2,1-3H3. The Morgan fingerprint density at radius 1 is 1.32 bits per heavy atom. The van der Waals surface area contributed by atoms with Gasteiger partial charge in [0.05, 0.1) is 19.8 Å². The van der Waals surface area contributed by atoms with Crippen molar-refractivity contribution < 1.29 is 13.9 Å². The number of furan rings is 1. The summed E-state index contributed by atoms with van der Waals surface area (Å²) in [6.45, 7) is 3.94. The fraction of sp³-hybridized carbons (Fsp3) is 0.294. The van der Waals surface area contributed by atoms with Crippen LogP contribution in [0.1, 0.15) is 21.0 Å². The second-order valence-electron chi connectivity index (χ2n) is 5.29. The van der Waals surface area contributed by atoms with E-state index < -0.39 is 0 Å². The highest BCUT2D eigenvalue weighted by Gasteiger charge is 2.15. The van der Waals surface area contributed by atoms with Crippen molar-refractivity contribution in [2.75, 3.05) is 7.11 Å². The van der Waals surface area contributed by atoms with E-state index in [-0.39, 0.29) is 5.78 Å². The lowest BCUT2D eigenvalue weighted by atomic mass is 10.0. The van der Waals surface area contributed by atoms with Crippen LogP contribution in [0.4, 0.5) is 0 Å². The molecule has 0 radical (unpaired) electrons. The maximum absolute atomic E-state index is 12.2. The van der Waals surface area contributed by atoms with E-state index in [4.69, 9.17) is 9.15 Å². The molecule has 0 unspecified atom stereocenters. The summed E-state index contributed by atoms with van der Waals surface area (Å²) in [5.41, 5.74) is 2.65. The van der Waals surface area contributed by atoms with Crippen LogP contribution >= 0.6 is 11.3 Å². The number of nitrogens with zero attached hydrogens (tertiary/aromatic N) is 1. The summed E-state index contributed by atoms with van der Waals surface area (Å²) in [5.74, 6) is 0.934. The third kappa shape index (κ3) is 2.76. The number of ketones is 1. The number of ether oxygens (including phenoxy) is 1. The van der Waals surface area contributed by atoms with Gasteiger partial charge in [-0.1, -0.05) is 0 Å². The molecule has 0 atom stereocenters. The molecule has 0 fully saturated rings. The van der Waals surface area contributed by atoms with Gasteiger partial charge in [-0.3, -0.25) is 4.79 Å². The Kier molecular flexibility index (Phi) is 3.98. The van der Waals surface area contributed by atoms with Crippen LogP contribution in [0.2, 0.25) is 0 Å². The van der Waals surface area contributed by atoms with Crippen molar-refractivity contribution in [2.45, 2.75) is 26.7 Å². The molecule has 5 heteroatoms. The van der Waals surface area contributed by atoms with Gasteiger partial charge in [0.2, 0.25) is 0 Å². The summed E-state index contributed by atoms with van der Waals surface area (Å²) in [6.07, 6.45) is 4.20. The van der Waals surface area contributed by atoms with E-state index in [9.17, 15) is 4.79 Å². The average molecular weight is 315 g/mol. The average Bonchev–Trinajstić information content (AvgIpc) is 3.07. The Hall–Kier alpha value is -2.14. The molecule has 3 aromatic rings. The first-order valence-corrected chi connectivity index (χ1v) is 7.87. The molecule has 0 aliphatic rings. The molecule has 22 heavy (non-hydrogen) atoms. The smallest absolute Gasteiger partial charge is 0.144 e. The van der Waals surface area contributed by atoms with Crippen LogP contribution in [0.25, 0.3) is 11.0 Å². The number of hydrogen-bond acceptors (Lipinski definition) is 5. The van der Waals surface area contributed by atoms with Gasteiger partial charge in [0.1, 0.15) is 22.1 Å². The molecule has 0 bridgehead atoms. The zero-order chi connectivity index (χ0) is 15.7. The summed E-state index contributed by atoms with van der Waals surface area (Å²) >= 11 is 1.57. The highest BCUT2D eigenvalue weighted by atomic mass is 32.1. The van der Waals surface area contributed by atoms with E-state index in [0.29, 0.717) is 12.8 Å². The second-order valence-corrected chi connectivity index (χ2v) is 6.61. The second kappa shape index (κ2) is 5.93. The van der Waals surface area contributed by atoms with Crippen molar-refractivity contribution in [3.63, 3.8) is 0 Å². The molecule has 114 valence electrons. The van der Waals surface area contributed by atoms with Gasteiger partial charge in [-0.15, -0.1) is 11.3 Å². The number of aromatic nitrogens is 1. The van der Waals surface area contributed by atoms with Crippen LogP contribution in [-0.2, 0) is 17.6 Å². The molecule has 1 aromatic carbocycles. The lowest BCUT2D eigenvalue weighted by molar-refractivity contribution is -0.117. The molecule has 3 rings (SSSR count). The van der Waals surface area contributed by atoms with E-state index in [1.54, 1.807) is 30.9 Å². The van der Waals surface area contributed by atoms with Crippen LogP contribution in [0.15, 0.2) is 29.0 Å². The Morgan fingerprint density at radius 3 is 2.82 bits per heavy atom. The molecule has 0 amide bonds. The summed E-state index contributed by atoms with van der Waals surface area (Å²) in [7, 11) is 1.64. The number of carbonyl (C=O) groups excluding carboxylic acids is 1. The van der Waals surface area contributed by atoms with Gasteiger partial charge >= 0.3 is 0 Å². The van der Waals surface area contributed by atoms with Gasteiger partial charge in [0.15, 0.2) is 0 Å². The predicted octanol–water partition coefficient (Wildman–Crippen LogP) is 3.87. The number of methoxy groups -OCH3 is 1. The largest absolute Gasteiger partial charge is 0.496 e. The van der Waals surface area contributed by atoms with Crippen LogP contribution in [0.5, 0.6) is 5.75 Å². The maximum atomic E-state index is 12.2. The minimum Gasteiger partial charge on any atom is -0.496 e. The molecule has 0 spiro atoms. The van der Waals surface area contributed by atoms with E-state index in [2.05, 4.69) is 4.98 Å². The number of benzene rings is 1. The molecular weight excluding hydrogens is 298 g/mol. The van der Waals surface area contributed by atoms with Crippen LogP contribution < -0.4 is 4.74 Å². The zero-order valence-corrected chi connectivity index (χ0v) is 13.6. The molecular formula is C17H17NO3S. The van der Waals surface area contributed by atoms with E-state index in [1.807, 2.05) is 26.0 Å². The topological polar surface area (TPSA) is 52.3 Å². The van der Waals surface area contributed by atoms with E-state index >= 15 is 0 Å². The predicted molar refractivity (Wildman–Crippen MR) is 86.8 cm³/mol. The SMILES string of the molecule is COc1ccc2c(CC(=O)Cc3ncc(C)s3)coc2c1C. The Morgan fingerprint density at radius 2 is 2.14 bits per heavy atom. The first-order valence-electron chi connectivity index (χ1n) is 7.05. The number of fused-ring (bicyclic) bond motifs is 1. The summed E-state index contributed by atoms with van der Waals surface area (Å²) in [6, 6.07) is 3.85. The van der Waals surface area contributed by atoms with Gasteiger partial charge in [-0.25, -0.2) is 4.98 Å². The van der Waals surface area contributed by atoms with Crippen molar-refractivity contribution in [3.8, 4) is 5.75 Å². The van der Waals surface area contributed by atoms with Crippen molar-refractivity contribution in [2.24, 2.45) is 0 Å². The van der Waals surface area contributed by atoms with Crippen molar-refractivity contribution in [1.29, 1.82) is 0 Å². The van der Waals surface area contributed by atoms with Crippen molar-refractivity contribution >= 4 is 28.1 Å². The third-order valence-electron chi connectivity index (χ3n) is 3.65. The Bertz CT molecular complexity index is 832. The molecule has 4 nitrogen and oxygen atoms in total. The van der Waals surface area contributed by atoms with Gasteiger partial charge < -0.3 is 9.15 Å². The van der Waals surface area contributed by atoms with Crippen molar-refractivity contribution in [3.05, 3.63) is 45.6 Å². The zero-order valence-electron chi connectivity index (χ0n) is 12.8. The van der Waals surface area contributed by atoms with Crippen LogP contribution in [0, 0.1) is 13.8 Å². The van der Waals surface area contributed by atoms with Gasteiger partial charge in [0.25, 0.3) is 0 Å². The maximum Gasteiger partial charge on any atom is 0.144 e. The molecule has 0 saturated carbocycles. The van der Waals surface area contributed by atoms with E-state index in [0.717, 1.165) is 37.7 Å². The summed E-state index contributed by atoms with van der Waals surface area (Å²) in [4.78, 5) is 17.6. The fourth-order valence-electron chi connectivity index (χ4n) is 2.56. The number of rotatable bonds is 5. The molecule has 0 aliphatic carbocycles. The molecule has 2 heterocycles. The Balaban J connectivity index is 1.82. The van der Waals surface area contributed by atoms with Crippen molar-refractivity contribution in [1.82, 2.24) is 4.98 Å². The fourth-order valence-corrected chi connectivity index (χ4v) is 3.37. The van der Waals surface area contributed by atoms with Gasteiger partial charge in [-0.2, -0.15) is 0 Å². The third-order valence-corrected chi connectivity index (χ3v) is 4.56. The quantitative estimate of drug-likeness (QED) is 0.717. The van der Waals surface area contributed by atoms with E-state index in [1.165, 1.54) is 0 Å². The number of carbonyl (C=O) groups is 1. The monoisotopic (exact) mass is 315 g/mol. The lowest BCUT2D eigenvalue weighted by Gasteiger charge is -2.04. The molecule has 0 saturated heterocycles. The summed E-state index contributed by atoms with van der Waals surface area (Å²) in [5, 5.41) is 1.84. The number of aryl methyl sites for hydroxylation is 2. The lowest BCUT2D eigenvalue weighted by Crippen LogP contribution is -2.05. The molecule has 0 aliphatic heterocycles. The first-order chi connectivity index (χ1) is 10.6. The number of thiazole rings is 1. The first kappa shape index (κ1) is 14.8. The Labute approximate surface area is 132 Å². The molecule has 0 N–H and O–H groups in total. The van der Waals surface area contributed by atoms with Gasteiger partial charge in [0, 0.05) is 34.0 Å². The highest BCUT2D eigenvalue weighted by molar-refractivity contribution is 7.11. The van der Waals surface area contributed by atoms with Gasteiger partial charge in [-0.05, 0) is 26.0 Å². The minimum atomic E-state index is 0.144. The number of Topliss-reactive ketones (excluding diaryl/α,β-unsaturated/α-hetero) is 1. The summed E-state index contributed by atoms with van der Waals surface area (Å²) < 4.78 is 10.9. The number of hydrogen-bond donors (Lipinski definition) is 0. The minimum absolute atomic E-state index is 0.144.